The predicted octanol–water partition coefficient (Wildman–Crippen LogP) is 1.64. The number of hydrogen-bond acceptors (Lipinski definition) is 1. The molecule has 0 saturated heterocycles. The zero-order chi connectivity index (χ0) is 9.31. The third-order valence-electron chi connectivity index (χ3n) is 3.57. The highest BCUT2D eigenvalue weighted by atomic mass is 16.2. The molecule has 0 bridgehead atoms. The van der Waals surface area contributed by atoms with Gasteiger partial charge < -0.3 is 10.6 Å². The molecule has 2 aliphatic rings. The minimum absolute atomic E-state index is 0.0209. The number of amides is 2. The summed E-state index contributed by atoms with van der Waals surface area (Å²) in [6.45, 7) is 0. The third-order valence-corrected chi connectivity index (χ3v) is 3.57. The molecule has 1 unspecified atom stereocenters. The van der Waals surface area contributed by atoms with Crippen LogP contribution in [0.1, 0.15) is 38.5 Å². The number of hydrogen-bond donors (Lipinski definition) is 2. The van der Waals surface area contributed by atoms with E-state index in [4.69, 9.17) is 0 Å². The molecule has 3 heteroatoms. The summed E-state index contributed by atoms with van der Waals surface area (Å²) in [7, 11) is 1.67. The number of carbonyl (C=O) groups excluding carboxylic acids is 1. The van der Waals surface area contributed by atoms with Crippen LogP contribution in [0.2, 0.25) is 0 Å². The molecule has 74 valence electrons. The molecule has 0 aromatic carbocycles. The molecular weight excluding hydrogens is 164 g/mol. The molecule has 2 saturated carbocycles. The van der Waals surface area contributed by atoms with Gasteiger partial charge >= 0.3 is 6.03 Å². The Labute approximate surface area is 79.3 Å². The Kier molecular flexibility index (Phi) is 2.18. The van der Waals surface area contributed by atoms with Crippen LogP contribution in [-0.4, -0.2) is 19.1 Å². The van der Waals surface area contributed by atoms with E-state index in [1.807, 2.05) is 0 Å². The summed E-state index contributed by atoms with van der Waals surface area (Å²) in [5.74, 6) is 0. The largest absolute Gasteiger partial charge is 0.341 e. The van der Waals surface area contributed by atoms with Crippen LogP contribution >= 0.6 is 0 Å². The molecule has 0 radical (unpaired) electrons. The van der Waals surface area contributed by atoms with Crippen LogP contribution in [0.25, 0.3) is 0 Å². The Hall–Kier alpha value is -0.730. The molecule has 0 aliphatic heterocycles. The molecule has 2 aliphatic carbocycles. The van der Waals surface area contributed by atoms with Crippen LogP contribution in [0.4, 0.5) is 4.79 Å². The minimum Gasteiger partial charge on any atom is -0.341 e. The van der Waals surface area contributed by atoms with Crippen LogP contribution in [0.15, 0.2) is 0 Å². The second-order valence-corrected chi connectivity index (χ2v) is 4.40. The lowest BCUT2D eigenvalue weighted by atomic mass is 9.86. The van der Waals surface area contributed by atoms with E-state index in [0.717, 1.165) is 0 Å². The van der Waals surface area contributed by atoms with Crippen molar-refractivity contribution in [2.75, 3.05) is 7.05 Å². The van der Waals surface area contributed by atoms with Crippen molar-refractivity contribution in [1.82, 2.24) is 10.6 Å². The number of rotatable bonds is 1. The first-order valence-corrected chi connectivity index (χ1v) is 5.25. The first kappa shape index (κ1) is 8.85. The predicted molar refractivity (Wildman–Crippen MR) is 51.5 cm³/mol. The zero-order valence-corrected chi connectivity index (χ0v) is 8.23. The summed E-state index contributed by atoms with van der Waals surface area (Å²) in [6.07, 6.45) is 7.94. The summed E-state index contributed by atoms with van der Waals surface area (Å²) < 4.78 is 0. The number of carbonyl (C=O) groups is 1. The Bertz CT molecular complexity index is 209. The Morgan fingerprint density at radius 2 is 2.00 bits per heavy atom. The van der Waals surface area contributed by atoms with Crippen molar-refractivity contribution in [3.05, 3.63) is 0 Å². The Morgan fingerprint density at radius 3 is 2.62 bits per heavy atom. The second-order valence-electron chi connectivity index (χ2n) is 4.40. The van der Waals surface area contributed by atoms with Crippen molar-refractivity contribution >= 4 is 6.03 Å². The Balaban J connectivity index is 1.82. The highest BCUT2D eigenvalue weighted by Crippen LogP contribution is 2.56. The maximum atomic E-state index is 11.1. The lowest BCUT2D eigenvalue weighted by Crippen LogP contribution is -2.37. The van der Waals surface area contributed by atoms with Gasteiger partial charge in [0.1, 0.15) is 0 Å². The average molecular weight is 182 g/mol. The summed E-state index contributed by atoms with van der Waals surface area (Å²) in [5.41, 5.74) is 0.505. The molecule has 0 aromatic heterocycles. The molecular formula is C10H18N2O. The van der Waals surface area contributed by atoms with Crippen molar-refractivity contribution in [2.24, 2.45) is 5.41 Å². The molecule has 1 spiro atoms. The van der Waals surface area contributed by atoms with Gasteiger partial charge in [-0.25, -0.2) is 4.79 Å². The van der Waals surface area contributed by atoms with Gasteiger partial charge in [-0.05, 0) is 24.7 Å². The van der Waals surface area contributed by atoms with E-state index in [9.17, 15) is 4.79 Å². The van der Waals surface area contributed by atoms with Gasteiger partial charge in [-0.3, -0.25) is 0 Å². The molecule has 0 heterocycles. The van der Waals surface area contributed by atoms with Crippen molar-refractivity contribution < 1.29 is 4.79 Å². The fraction of sp³-hybridized carbons (Fsp3) is 0.900. The smallest absolute Gasteiger partial charge is 0.314 e. The number of nitrogens with one attached hydrogen (secondary N) is 2. The standard InChI is InChI=1S/C10H18N2O/c1-11-9(13)12-8-7-10(8)5-3-2-4-6-10/h8H,2-7H2,1H3,(H2,11,12,13). The molecule has 1 atom stereocenters. The van der Waals surface area contributed by atoms with Gasteiger partial charge in [0.15, 0.2) is 0 Å². The van der Waals surface area contributed by atoms with Crippen molar-refractivity contribution in [2.45, 2.75) is 44.6 Å². The zero-order valence-electron chi connectivity index (χ0n) is 8.23. The monoisotopic (exact) mass is 182 g/mol. The average Bonchev–Trinajstić information content (AvgIpc) is 2.79. The van der Waals surface area contributed by atoms with Crippen LogP contribution in [-0.2, 0) is 0 Å². The molecule has 2 fully saturated rings. The van der Waals surface area contributed by atoms with Crippen LogP contribution in [0.3, 0.4) is 0 Å². The second kappa shape index (κ2) is 3.20. The molecule has 0 aromatic rings. The fourth-order valence-electron chi connectivity index (χ4n) is 2.59. The maximum Gasteiger partial charge on any atom is 0.314 e. The van der Waals surface area contributed by atoms with Gasteiger partial charge in [-0.1, -0.05) is 19.3 Å². The van der Waals surface area contributed by atoms with Crippen molar-refractivity contribution in [1.29, 1.82) is 0 Å². The van der Waals surface area contributed by atoms with E-state index in [2.05, 4.69) is 10.6 Å². The van der Waals surface area contributed by atoms with E-state index in [-0.39, 0.29) is 6.03 Å². The lowest BCUT2D eigenvalue weighted by Gasteiger charge is -2.22. The number of urea groups is 1. The summed E-state index contributed by atoms with van der Waals surface area (Å²) >= 11 is 0. The van der Waals surface area contributed by atoms with Gasteiger partial charge in [-0.2, -0.15) is 0 Å². The van der Waals surface area contributed by atoms with E-state index in [1.165, 1.54) is 38.5 Å². The summed E-state index contributed by atoms with van der Waals surface area (Å²) in [6, 6.07) is 0.445. The normalized spacial score (nSPS) is 29.8. The van der Waals surface area contributed by atoms with Crippen LogP contribution in [0, 0.1) is 5.41 Å². The molecule has 2 N–H and O–H groups in total. The highest BCUT2D eigenvalue weighted by molar-refractivity contribution is 5.74. The Morgan fingerprint density at radius 1 is 1.31 bits per heavy atom. The first-order chi connectivity index (χ1) is 6.27. The molecule has 13 heavy (non-hydrogen) atoms. The highest BCUT2D eigenvalue weighted by Gasteiger charge is 2.54. The lowest BCUT2D eigenvalue weighted by molar-refractivity contribution is 0.237. The molecule has 3 nitrogen and oxygen atoms in total. The maximum absolute atomic E-state index is 11.1. The SMILES string of the molecule is CNC(=O)NC1CC12CCCCC2. The van der Waals surface area contributed by atoms with Crippen molar-refractivity contribution in [3.8, 4) is 0 Å². The van der Waals surface area contributed by atoms with Gasteiger partial charge in [0, 0.05) is 13.1 Å². The quantitative estimate of drug-likeness (QED) is 0.636. The van der Waals surface area contributed by atoms with Crippen LogP contribution < -0.4 is 10.6 Å². The van der Waals surface area contributed by atoms with Gasteiger partial charge in [-0.15, -0.1) is 0 Å². The van der Waals surface area contributed by atoms with E-state index < -0.39 is 0 Å². The van der Waals surface area contributed by atoms with Gasteiger partial charge in [0.05, 0.1) is 0 Å². The van der Waals surface area contributed by atoms with Crippen molar-refractivity contribution in [3.63, 3.8) is 0 Å². The van der Waals surface area contributed by atoms with Crippen LogP contribution in [0.5, 0.6) is 0 Å². The third kappa shape index (κ3) is 1.64. The minimum atomic E-state index is -0.0209. The van der Waals surface area contributed by atoms with E-state index in [1.54, 1.807) is 7.05 Å². The topological polar surface area (TPSA) is 41.1 Å². The summed E-state index contributed by atoms with van der Waals surface area (Å²) in [4.78, 5) is 11.1. The van der Waals surface area contributed by atoms with E-state index >= 15 is 0 Å². The van der Waals surface area contributed by atoms with Gasteiger partial charge in [0.25, 0.3) is 0 Å². The first-order valence-electron chi connectivity index (χ1n) is 5.25. The molecule has 2 rings (SSSR count). The fourth-order valence-corrected chi connectivity index (χ4v) is 2.59. The van der Waals surface area contributed by atoms with E-state index in [0.29, 0.717) is 11.5 Å². The van der Waals surface area contributed by atoms with Gasteiger partial charge in [0.2, 0.25) is 0 Å². The molecule has 2 amide bonds. The summed E-state index contributed by atoms with van der Waals surface area (Å²) in [5, 5.41) is 5.62.